The average molecular weight is 413 g/mol. The molecule has 144 valence electrons. The van der Waals surface area contributed by atoms with Gasteiger partial charge in [0.15, 0.2) is 5.11 Å². The van der Waals surface area contributed by atoms with Gasteiger partial charge in [0.1, 0.15) is 11.8 Å². The summed E-state index contributed by atoms with van der Waals surface area (Å²) in [4.78, 5) is 6.68. The molecule has 0 bridgehead atoms. The molecule has 0 aliphatic carbocycles. The first-order valence-corrected chi connectivity index (χ1v) is 9.76. The van der Waals surface area contributed by atoms with Gasteiger partial charge < -0.3 is 19.5 Å². The van der Waals surface area contributed by atoms with Crippen LogP contribution in [0.4, 0.5) is 5.69 Å². The molecule has 1 fully saturated rings. The molecule has 3 heterocycles. The summed E-state index contributed by atoms with van der Waals surface area (Å²) in [7, 11) is 3.68. The predicted molar refractivity (Wildman–Crippen MR) is 116 cm³/mol. The zero-order valence-electron chi connectivity index (χ0n) is 15.9. The molecule has 1 aliphatic rings. The number of pyridine rings is 1. The van der Waals surface area contributed by atoms with E-state index >= 15 is 0 Å². The Morgan fingerprint density at radius 3 is 2.61 bits per heavy atom. The standard InChI is InChI=1S/C21H21ClN4OS/c1-13-7-9-17(25(13)2)20-19(16-6-4-5-11-23-16)24-21(28)26(20)14-8-10-18(27-3)15(22)12-14/h4-12,19-20H,1-3H3,(H,24,28)/t19-,20+/m0/s1. The van der Waals surface area contributed by atoms with Crippen LogP contribution in [0, 0.1) is 6.92 Å². The molecular weight excluding hydrogens is 392 g/mol. The lowest BCUT2D eigenvalue weighted by molar-refractivity contribution is 0.415. The minimum atomic E-state index is -0.0809. The van der Waals surface area contributed by atoms with Crippen molar-refractivity contribution in [2.45, 2.75) is 19.0 Å². The van der Waals surface area contributed by atoms with Gasteiger partial charge in [-0.15, -0.1) is 0 Å². The van der Waals surface area contributed by atoms with E-state index < -0.39 is 0 Å². The first-order chi connectivity index (χ1) is 13.5. The van der Waals surface area contributed by atoms with Gasteiger partial charge in [-0.1, -0.05) is 17.7 Å². The van der Waals surface area contributed by atoms with Gasteiger partial charge in [-0.3, -0.25) is 4.98 Å². The van der Waals surface area contributed by atoms with Crippen LogP contribution >= 0.6 is 23.8 Å². The zero-order chi connectivity index (χ0) is 19.8. The van der Waals surface area contributed by atoms with E-state index in [1.165, 1.54) is 5.69 Å². The second-order valence-electron chi connectivity index (χ2n) is 6.77. The summed E-state index contributed by atoms with van der Waals surface area (Å²) in [6.07, 6.45) is 1.81. The third-order valence-electron chi connectivity index (χ3n) is 5.23. The van der Waals surface area contributed by atoms with E-state index in [2.05, 4.69) is 45.9 Å². The van der Waals surface area contributed by atoms with Gasteiger partial charge in [0.05, 0.1) is 23.9 Å². The molecule has 1 aliphatic heterocycles. The van der Waals surface area contributed by atoms with Crippen molar-refractivity contribution in [3.63, 3.8) is 0 Å². The van der Waals surface area contributed by atoms with Crippen LogP contribution in [0.3, 0.4) is 0 Å². The highest BCUT2D eigenvalue weighted by atomic mass is 35.5. The van der Waals surface area contributed by atoms with Gasteiger partial charge in [0, 0.05) is 30.3 Å². The number of hydrogen-bond donors (Lipinski definition) is 1. The fourth-order valence-electron chi connectivity index (χ4n) is 3.67. The number of rotatable bonds is 4. The van der Waals surface area contributed by atoms with E-state index in [4.69, 9.17) is 28.6 Å². The van der Waals surface area contributed by atoms with Gasteiger partial charge in [-0.25, -0.2) is 0 Å². The highest BCUT2D eigenvalue weighted by Crippen LogP contribution is 2.43. The number of halogens is 1. The molecule has 0 radical (unpaired) electrons. The van der Waals surface area contributed by atoms with Gasteiger partial charge >= 0.3 is 0 Å². The molecule has 7 heteroatoms. The lowest BCUT2D eigenvalue weighted by Gasteiger charge is -2.28. The van der Waals surface area contributed by atoms with Crippen LogP contribution in [0.2, 0.25) is 5.02 Å². The van der Waals surface area contributed by atoms with E-state index in [1.54, 1.807) is 13.3 Å². The Kier molecular flexibility index (Phi) is 5.00. The van der Waals surface area contributed by atoms with Crippen molar-refractivity contribution in [1.29, 1.82) is 0 Å². The molecule has 1 aromatic carbocycles. The lowest BCUT2D eigenvalue weighted by Crippen LogP contribution is -2.30. The molecule has 0 saturated carbocycles. The van der Waals surface area contributed by atoms with Gasteiger partial charge in [-0.2, -0.15) is 0 Å². The van der Waals surface area contributed by atoms with E-state index in [0.29, 0.717) is 15.9 Å². The maximum Gasteiger partial charge on any atom is 0.174 e. The number of nitrogens with zero attached hydrogens (tertiary/aromatic N) is 3. The molecule has 0 unspecified atom stereocenters. The second kappa shape index (κ2) is 7.45. The highest BCUT2D eigenvalue weighted by Gasteiger charge is 2.42. The van der Waals surface area contributed by atoms with Crippen molar-refractivity contribution in [1.82, 2.24) is 14.9 Å². The largest absolute Gasteiger partial charge is 0.495 e. The Hall–Kier alpha value is -2.57. The third-order valence-corrected chi connectivity index (χ3v) is 5.84. The number of anilines is 1. The number of benzene rings is 1. The van der Waals surface area contributed by atoms with Crippen LogP contribution in [0.15, 0.2) is 54.7 Å². The lowest BCUT2D eigenvalue weighted by atomic mass is 10.0. The normalized spacial score (nSPS) is 19.0. The molecule has 1 N–H and O–H groups in total. The fraction of sp³-hybridized carbons (Fsp3) is 0.238. The molecule has 5 nitrogen and oxygen atoms in total. The second-order valence-corrected chi connectivity index (χ2v) is 7.57. The van der Waals surface area contributed by atoms with Crippen molar-refractivity contribution in [3.05, 3.63) is 76.8 Å². The predicted octanol–water partition coefficient (Wildman–Crippen LogP) is 4.57. The number of nitrogens with one attached hydrogen (secondary N) is 1. The number of aromatic nitrogens is 2. The molecule has 28 heavy (non-hydrogen) atoms. The highest BCUT2D eigenvalue weighted by molar-refractivity contribution is 7.80. The maximum atomic E-state index is 6.41. The third kappa shape index (κ3) is 3.12. The van der Waals surface area contributed by atoms with Gasteiger partial charge in [0.25, 0.3) is 0 Å². The SMILES string of the molecule is COc1ccc(N2C(=S)N[C@@H](c3ccccn3)[C@H]2c2ccc(C)n2C)cc1Cl. The molecule has 2 atom stereocenters. The number of aryl methyl sites for hydroxylation is 1. The summed E-state index contributed by atoms with van der Waals surface area (Å²) < 4.78 is 7.49. The van der Waals surface area contributed by atoms with E-state index in [-0.39, 0.29) is 12.1 Å². The Morgan fingerprint density at radius 2 is 2.00 bits per heavy atom. The van der Waals surface area contributed by atoms with Crippen LogP contribution < -0.4 is 15.0 Å². The summed E-state index contributed by atoms with van der Waals surface area (Å²) >= 11 is 12.1. The van der Waals surface area contributed by atoms with Crippen molar-refractivity contribution in [3.8, 4) is 5.75 Å². The topological polar surface area (TPSA) is 42.3 Å². The average Bonchev–Trinajstić information content (AvgIpc) is 3.21. The van der Waals surface area contributed by atoms with Crippen molar-refractivity contribution >= 4 is 34.6 Å². The van der Waals surface area contributed by atoms with Crippen LogP contribution in [-0.4, -0.2) is 21.8 Å². The molecule has 4 rings (SSSR count). The Morgan fingerprint density at radius 1 is 1.18 bits per heavy atom. The summed E-state index contributed by atoms with van der Waals surface area (Å²) in [5, 5.41) is 4.65. The molecule has 0 spiro atoms. The Bertz CT molecular complexity index is 1020. The van der Waals surface area contributed by atoms with Gasteiger partial charge in [0.2, 0.25) is 0 Å². The minimum absolute atomic E-state index is 0.0643. The van der Waals surface area contributed by atoms with Crippen LogP contribution in [0.1, 0.15) is 29.2 Å². The fourth-order valence-corrected chi connectivity index (χ4v) is 4.27. The van der Waals surface area contributed by atoms with Gasteiger partial charge in [-0.05, 0) is 61.6 Å². The molecule has 2 aromatic heterocycles. The number of thiocarbonyl (C=S) groups is 1. The Labute approximate surface area is 174 Å². The van der Waals surface area contributed by atoms with Crippen LogP contribution in [-0.2, 0) is 7.05 Å². The maximum absolute atomic E-state index is 6.41. The van der Waals surface area contributed by atoms with Crippen molar-refractivity contribution < 1.29 is 4.74 Å². The summed E-state index contributed by atoms with van der Waals surface area (Å²) in [6, 6.07) is 15.8. The molecule has 0 amide bonds. The summed E-state index contributed by atoms with van der Waals surface area (Å²) in [5.74, 6) is 0.635. The minimum Gasteiger partial charge on any atom is -0.495 e. The first kappa shape index (κ1) is 18.8. The smallest absolute Gasteiger partial charge is 0.174 e. The molecule has 1 saturated heterocycles. The number of methoxy groups -OCH3 is 1. The van der Waals surface area contributed by atoms with Crippen LogP contribution in [0.25, 0.3) is 0 Å². The monoisotopic (exact) mass is 412 g/mol. The number of hydrogen-bond acceptors (Lipinski definition) is 3. The first-order valence-electron chi connectivity index (χ1n) is 8.97. The Balaban J connectivity index is 1.85. The zero-order valence-corrected chi connectivity index (χ0v) is 17.5. The molecular formula is C21H21ClN4OS. The quantitative estimate of drug-likeness (QED) is 0.636. The van der Waals surface area contributed by atoms with E-state index in [0.717, 1.165) is 17.1 Å². The van der Waals surface area contributed by atoms with E-state index in [1.807, 2.05) is 36.4 Å². The van der Waals surface area contributed by atoms with E-state index in [9.17, 15) is 0 Å². The van der Waals surface area contributed by atoms with Crippen molar-refractivity contribution in [2.24, 2.45) is 7.05 Å². The van der Waals surface area contributed by atoms with Crippen LogP contribution in [0.5, 0.6) is 5.75 Å². The summed E-state index contributed by atoms with van der Waals surface area (Å²) in [6.45, 7) is 2.09. The summed E-state index contributed by atoms with van der Waals surface area (Å²) in [5.41, 5.74) is 4.18. The number of ether oxygens (including phenoxy) is 1. The van der Waals surface area contributed by atoms with Crippen molar-refractivity contribution in [2.75, 3.05) is 12.0 Å². The molecule has 3 aromatic rings.